The van der Waals surface area contributed by atoms with Gasteiger partial charge < -0.3 is 9.80 Å². The topological polar surface area (TPSA) is 23.6 Å². The molecule has 0 spiro atoms. The van der Waals surface area contributed by atoms with E-state index in [9.17, 15) is 4.79 Å². The van der Waals surface area contributed by atoms with E-state index in [0.29, 0.717) is 11.9 Å². The summed E-state index contributed by atoms with van der Waals surface area (Å²) in [6.07, 6.45) is 2.11. The van der Waals surface area contributed by atoms with Gasteiger partial charge in [-0.15, -0.1) is 0 Å². The molecular formula is C9H15BrN2O. The fraction of sp³-hybridized carbons (Fsp3) is 0.889. The van der Waals surface area contributed by atoms with Crippen LogP contribution in [0.25, 0.3) is 0 Å². The molecule has 2 rings (SSSR count). The third kappa shape index (κ3) is 1.74. The Morgan fingerprint density at radius 3 is 2.62 bits per heavy atom. The van der Waals surface area contributed by atoms with Crippen molar-refractivity contribution in [2.24, 2.45) is 0 Å². The Hall–Kier alpha value is -0.0900. The molecular weight excluding hydrogens is 232 g/mol. The summed E-state index contributed by atoms with van der Waals surface area (Å²) in [4.78, 5) is 16.1. The van der Waals surface area contributed by atoms with Crippen molar-refractivity contribution in [2.45, 2.75) is 23.7 Å². The number of likely N-dealkylation sites (N-methyl/N-ethyl adjacent to an activating group) is 1. The molecule has 0 bridgehead atoms. The van der Waals surface area contributed by atoms with Crippen LogP contribution < -0.4 is 0 Å². The van der Waals surface area contributed by atoms with Gasteiger partial charge in [-0.2, -0.15) is 0 Å². The lowest BCUT2D eigenvalue weighted by Gasteiger charge is -2.23. The van der Waals surface area contributed by atoms with Crippen molar-refractivity contribution < 1.29 is 4.79 Å². The molecule has 74 valence electrons. The van der Waals surface area contributed by atoms with E-state index in [1.54, 1.807) is 0 Å². The standard InChI is InChI=1S/C9H15BrN2O/c1-11-4-2-7(6-11)12-5-3-8(10)9(12)13/h7-8H,2-6H2,1H3. The number of hydrogen-bond acceptors (Lipinski definition) is 2. The monoisotopic (exact) mass is 246 g/mol. The second kappa shape index (κ2) is 3.58. The summed E-state index contributed by atoms with van der Waals surface area (Å²) in [5, 5.41) is 0. The molecule has 0 aromatic carbocycles. The number of carbonyl (C=O) groups excluding carboxylic acids is 1. The number of rotatable bonds is 1. The van der Waals surface area contributed by atoms with Gasteiger partial charge in [0.15, 0.2) is 0 Å². The molecule has 2 aliphatic rings. The molecule has 2 heterocycles. The Balaban J connectivity index is 1.98. The largest absolute Gasteiger partial charge is 0.337 e. The first-order chi connectivity index (χ1) is 6.18. The summed E-state index contributed by atoms with van der Waals surface area (Å²) >= 11 is 3.40. The van der Waals surface area contributed by atoms with E-state index in [0.717, 1.165) is 32.5 Å². The van der Waals surface area contributed by atoms with Crippen molar-refractivity contribution in [3.05, 3.63) is 0 Å². The summed E-state index contributed by atoms with van der Waals surface area (Å²) < 4.78 is 0. The van der Waals surface area contributed by atoms with Crippen LogP contribution in [0.3, 0.4) is 0 Å². The minimum atomic E-state index is 0.0819. The van der Waals surface area contributed by atoms with E-state index >= 15 is 0 Å². The van der Waals surface area contributed by atoms with Crippen molar-refractivity contribution in [3.8, 4) is 0 Å². The van der Waals surface area contributed by atoms with E-state index in [1.165, 1.54) is 0 Å². The molecule has 2 aliphatic heterocycles. The Morgan fingerprint density at radius 2 is 2.15 bits per heavy atom. The van der Waals surface area contributed by atoms with Gasteiger partial charge in [0.05, 0.1) is 4.83 Å². The third-order valence-electron chi connectivity index (χ3n) is 2.98. The smallest absolute Gasteiger partial charge is 0.236 e. The molecule has 0 aromatic rings. The van der Waals surface area contributed by atoms with Crippen LogP contribution in [0, 0.1) is 0 Å². The molecule has 0 saturated carbocycles. The average molecular weight is 247 g/mol. The van der Waals surface area contributed by atoms with Crippen molar-refractivity contribution in [1.82, 2.24) is 9.80 Å². The van der Waals surface area contributed by atoms with Crippen LogP contribution in [-0.2, 0) is 4.79 Å². The van der Waals surface area contributed by atoms with Crippen LogP contribution in [0.5, 0.6) is 0 Å². The summed E-state index contributed by atoms with van der Waals surface area (Å²) in [5.41, 5.74) is 0. The number of carbonyl (C=O) groups is 1. The van der Waals surface area contributed by atoms with E-state index in [4.69, 9.17) is 0 Å². The minimum absolute atomic E-state index is 0.0819. The number of nitrogens with zero attached hydrogens (tertiary/aromatic N) is 2. The molecule has 2 atom stereocenters. The summed E-state index contributed by atoms with van der Waals surface area (Å²) in [7, 11) is 2.12. The Morgan fingerprint density at radius 1 is 1.38 bits per heavy atom. The number of halogens is 1. The van der Waals surface area contributed by atoms with Gasteiger partial charge in [0.25, 0.3) is 0 Å². The van der Waals surface area contributed by atoms with Crippen LogP contribution in [0.15, 0.2) is 0 Å². The number of hydrogen-bond donors (Lipinski definition) is 0. The van der Waals surface area contributed by atoms with Gasteiger partial charge in [0.2, 0.25) is 5.91 Å². The molecule has 2 saturated heterocycles. The van der Waals surface area contributed by atoms with Crippen LogP contribution in [0.4, 0.5) is 0 Å². The van der Waals surface area contributed by atoms with E-state index in [1.807, 2.05) is 4.90 Å². The Labute approximate surface area is 87.2 Å². The molecule has 4 heteroatoms. The van der Waals surface area contributed by atoms with E-state index in [2.05, 4.69) is 27.9 Å². The molecule has 2 fully saturated rings. The first-order valence-corrected chi connectivity index (χ1v) is 5.73. The lowest BCUT2D eigenvalue weighted by molar-refractivity contribution is -0.128. The second-order valence-electron chi connectivity index (χ2n) is 3.99. The molecule has 0 radical (unpaired) electrons. The van der Waals surface area contributed by atoms with Crippen molar-refractivity contribution in [3.63, 3.8) is 0 Å². The highest BCUT2D eigenvalue weighted by Crippen LogP contribution is 2.24. The normalized spacial score (nSPS) is 36.2. The molecule has 0 N–H and O–H groups in total. The first kappa shape index (κ1) is 9.46. The Bertz CT molecular complexity index is 222. The van der Waals surface area contributed by atoms with Crippen LogP contribution >= 0.6 is 15.9 Å². The predicted octanol–water partition coefficient (Wildman–Crippen LogP) is 0.686. The summed E-state index contributed by atoms with van der Waals surface area (Å²) in [6, 6.07) is 0.472. The molecule has 3 nitrogen and oxygen atoms in total. The highest BCUT2D eigenvalue weighted by Gasteiger charge is 2.36. The number of amides is 1. The lowest BCUT2D eigenvalue weighted by Crippen LogP contribution is -2.39. The van der Waals surface area contributed by atoms with Crippen LogP contribution in [0.2, 0.25) is 0 Å². The predicted molar refractivity (Wildman–Crippen MR) is 54.9 cm³/mol. The maximum Gasteiger partial charge on any atom is 0.236 e. The lowest BCUT2D eigenvalue weighted by atomic mass is 10.2. The summed E-state index contributed by atoms with van der Waals surface area (Å²) in [5.74, 6) is 0.292. The zero-order valence-corrected chi connectivity index (χ0v) is 9.46. The molecule has 0 aromatic heterocycles. The van der Waals surface area contributed by atoms with E-state index in [-0.39, 0.29) is 4.83 Å². The maximum atomic E-state index is 11.7. The first-order valence-electron chi connectivity index (χ1n) is 4.81. The third-order valence-corrected chi connectivity index (χ3v) is 3.83. The zero-order valence-electron chi connectivity index (χ0n) is 7.87. The molecule has 1 amide bonds. The maximum absolute atomic E-state index is 11.7. The van der Waals surface area contributed by atoms with Gasteiger partial charge in [-0.3, -0.25) is 4.79 Å². The van der Waals surface area contributed by atoms with Crippen molar-refractivity contribution in [2.75, 3.05) is 26.7 Å². The number of likely N-dealkylation sites (tertiary alicyclic amines) is 2. The fourth-order valence-electron chi connectivity index (χ4n) is 2.19. The van der Waals surface area contributed by atoms with Crippen molar-refractivity contribution >= 4 is 21.8 Å². The highest BCUT2D eigenvalue weighted by atomic mass is 79.9. The van der Waals surface area contributed by atoms with Gasteiger partial charge >= 0.3 is 0 Å². The van der Waals surface area contributed by atoms with Gasteiger partial charge in [0, 0.05) is 19.1 Å². The minimum Gasteiger partial charge on any atom is -0.337 e. The quantitative estimate of drug-likeness (QED) is 0.636. The SMILES string of the molecule is CN1CCC(N2CCC(Br)C2=O)C1. The highest BCUT2D eigenvalue weighted by molar-refractivity contribution is 9.10. The Kier molecular flexibility index (Phi) is 2.60. The van der Waals surface area contributed by atoms with Crippen molar-refractivity contribution in [1.29, 1.82) is 0 Å². The average Bonchev–Trinajstić information content (AvgIpc) is 2.62. The second-order valence-corrected chi connectivity index (χ2v) is 5.10. The van der Waals surface area contributed by atoms with E-state index < -0.39 is 0 Å². The fourth-order valence-corrected chi connectivity index (χ4v) is 2.66. The van der Waals surface area contributed by atoms with Crippen LogP contribution in [0.1, 0.15) is 12.8 Å². The zero-order chi connectivity index (χ0) is 9.42. The van der Waals surface area contributed by atoms with Gasteiger partial charge in [-0.25, -0.2) is 0 Å². The molecule has 13 heavy (non-hydrogen) atoms. The van der Waals surface area contributed by atoms with Gasteiger partial charge in [-0.1, -0.05) is 15.9 Å². The molecule has 0 aliphatic carbocycles. The van der Waals surface area contributed by atoms with Gasteiger partial charge in [0.1, 0.15) is 0 Å². The van der Waals surface area contributed by atoms with Gasteiger partial charge in [-0.05, 0) is 26.4 Å². The van der Waals surface area contributed by atoms with Crippen LogP contribution in [-0.4, -0.2) is 53.3 Å². The number of alkyl halides is 1. The summed E-state index contributed by atoms with van der Waals surface area (Å²) in [6.45, 7) is 3.11. The molecule has 2 unspecified atom stereocenters.